The van der Waals surface area contributed by atoms with Gasteiger partial charge in [0.05, 0.1) is 24.5 Å². The predicted molar refractivity (Wildman–Crippen MR) is 113 cm³/mol. The molecule has 1 atom stereocenters. The van der Waals surface area contributed by atoms with Crippen LogP contribution in [0.2, 0.25) is 0 Å². The van der Waals surface area contributed by atoms with Gasteiger partial charge in [-0.1, -0.05) is 18.2 Å². The first-order valence-electron chi connectivity index (χ1n) is 10.2. The Kier molecular flexibility index (Phi) is 6.17. The van der Waals surface area contributed by atoms with Crippen LogP contribution >= 0.6 is 0 Å². The van der Waals surface area contributed by atoms with E-state index in [1.807, 2.05) is 41.3 Å². The SMILES string of the molecule is O=C(CN1CCN([C@H]2CCCN(c3ccccc3)C2=O)CC1)Nc1cccnc1. The van der Waals surface area contributed by atoms with Crippen LogP contribution in [0, 0.1) is 0 Å². The fraction of sp³-hybridized carbons (Fsp3) is 0.409. The molecule has 0 radical (unpaired) electrons. The predicted octanol–water partition coefficient (Wildman–Crippen LogP) is 1.83. The number of pyridine rings is 1. The van der Waals surface area contributed by atoms with Crippen molar-refractivity contribution in [1.29, 1.82) is 0 Å². The van der Waals surface area contributed by atoms with Crippen LogP contribution in [-0.4, -0.2) is 71.9 Å². The van der Waals surface area contributed by atoms with Crippen molar-refractivity contribution in [2.75, 3.05) is 49.5 Å². The quantitative estimate of drug-likeness (QED) is 0.840. The van der Waals surface area contributed by atoms with E-state index in [1.54, 1.807) is 18.5 Å². The highest BCUT2D eigenvalue weighted by molar-refractivity contribution is 5.98. The van der Waals surface area contributed by atoms with E-state index >= 15 is 0 Å². The zero-order chi connectivity index (χ0) is 20.1. The minimum atomic E-state index is -0.0599. The molecule has 0 aliphatic carbocycles. The van der Waals surface area contributed by atoms with Gasteiger partial charge in [0.15, 0.2) is 0 Å². The van der Waals surface area contributed by atoms with Gasteiger partial charge in [-0.3, -0.25) is 24.4 Å². The lowest BCUT2D eigenvalue weighted by Gasteiger charge is -2.42. The topological polar surface area (TPSA) is 68.8 Å². The Hall–Kier alpha value is -2.77. The van der Waals surface area contributed by atoms with E-state index in [2.05, 4.69) is 20.1 Å². The van der Waals surface area contributed by atoms with Gasteiger partial charge in [0.1, 0.15) is 0 Å². The summed E-state index contributed by atoms with van der Waals surface area (Å²) < 4.78 is 0. The summed E-state index contributed by atoms with van der Waals surface area (Å²) in [7, 11) is 0. The van der Waals surface area contributed by atoms with E-state index in [1.165, 1.54) is 0 Å². The Morgan fingerprint density at radius 3 is 2.55 bits per heavy atom. The Morgan fingerprint density at radius 1 is 1.03 bits per heavy atom. The summed E-state index contributed by atoms with van der Waals surface area (Å²) in [5.74, 6) is 0.167. The maximum atomic E-state index is 13.1. The van der Waals surface area contributed by atoms with Gasteiger partial charge in [-0.25, -0.2) is 0 Å². The standard InChI is InChI=1S/C22H27N5O2/c28-21(24-18-6-4-10-23-16-18)17-25-12-14-26(15-13-25)20-9-5-11-27(22(20)29)19-7-2-1-3-8-19/h1-4,6-8,10,16,20H,5,9,11-15,17H2,(H,24,28)/t20-/m0/s1. The highest BCUT2D eigenvalue weighted by Crippen LogP contribution is 2.24. The van der Waals surface area contributed by atoms with Crippen LogP contribution in [0.5, 0.6) is 0 Å². The van der Waals surface area contributed by atoms with Gasteiger partial charge in [-0.15, -0.1) is 0 Å². The summed E-state index contributed by atoms with van der Waals surface area (Å²) in [5.41, 5.74) is 1.69. The molecule has 0 unspecified atom stereocenters. The highest BCUT2D eigenvalue weighted by Gasteiger charge is 2.35. The monoisotopic (exact) mass is 393 g/mol. The molecule has 7 heteroatoms. The van der Waals surface area contributed by atoms with Crippen molar-refractivity contribution < 1.29 is 9.59 Å². The van der Waals surface area contributed by atoms with Crippen LogP contribution in [0.1, 0.15) is 12.8 Å². The molecule has 3 heterocycles. The zero-order valence-corrected chi connectivity index (χ0v) is 16.5. The van der Waals surface area contributed by atoms with Crippen molar-refractivity contribution in [2.45, 2.75) is 18.9 Å². The lowest BCUT2D eigenvalue weighted by molar-refractivity contribution is -0.127. The Morgan fingerprint density at radius 2 is 1.83 bits per heavy atom. The third kappa shape index (κ3) is 4.81. The number of hydrogen-bond acceptors (Lipinski definition) is 5. The van der Waals surface area contributed by atoms with Crippen LogP contribution in [0.15, 0.2) is 54.9 Å². The van der Waals surface area contributed by atoms with Gasteiger partial charge in [0.2, 0.25) is 11.8 Å². The molecule has 1 aromatic heterocycles. The van der Waals surface area contributed by atoms with Crippen LogP contribution in [0.4, 0.5) is 11.4 Å². The summed E-state index contributed by atoms with van der Waals surface area (Å²) in [6, 6.07) is 13.5. The molecule has 0 bridgehead atoms. The number of amides is 2. The van der Waals surface area contributed by atoms with Gasteiger partial charge in [0.25, 0.3) is 0 Å². The summed E-state index contributed by atoms with van der Waals surface area (Å²) in [5, 5.41) is 2.88. The molecule has 2 aliphatic rings. The number of aromatic nitrogens is 1. The second-order valence-electron chi connectivity index (χ2n) is 7.59. The Balaban J connectivity index is 1.29. The van der Waals surface area contributed by atoms with Crippen LogP contribution in [0.25, 0.3) is 0 Å². The number of benzene rings is 1. The van der Waals surface area contributed by atoms with Gasteiger partial charge >= 0.3 is 0 Å². The molecule has 1 N–H and O–H groups in total. The second-order valence-corrected chi connectivity index (χ2v) is 7.59. The molecular weight excluding hydrogens is 366 g/mol. The number of rotatable bonds is 5. The van der Waals surface area contributed by atoms with Gasteiger partial charge < -0.3 is 10.2 Å². The maximum absolute atomic E-state index is 13.1. The highest BCUT2D eigenvalue weighted by atomic mass is 16.2. The number of nitrogens with zero attached hydrogens (tertiary/aromatic N) is 4. The number of piperazine rings is 1. The number of piperidine rings is 1. The van der Waals surface area contributed by atoms with Gasteiger partial charge in [0, 0.05) is 44.6 Å². The van der Waals surface area contributed by atoms with Crippen LogP contribution in [0.3, 0.4) is 0 Å². The molecule has 2 aliphatic heterocycles. The third-order valence-electron chi connectivity index (χ3n) is 5.64. The summed E-state index contributed by atoms with van der Waals surface area (Å²) >= 11 is 0. The number of carbonyl (C=O) groups is 2. The third-order valence-corrected chi connectivity index (χ3v) is 5.64. The number of hydrogen-bond donors (Lipinski definition) is 1. The van der Waals surface area contributed by atoms with E-state index in [0.29, 0.717) is 12.2 Å². The largest absolute Gasteiger partial charge is 0.324 e. The molecule has 2 aromatic rings. The average Bonchev–Trinajstić information content (AvgIpc) is 2.76. The van der Waals surface area contributed by atoms with E-state index in [9.17, 15) is 9.59 Å². The normalized spacial score (nSPS) is 21.2. The molecule has 2 fully saturated rings. The first kappa shape index (κ1) is 19.5. The van der Waals surface area contributed by atoms with Crippen molar-refractivity contribution in [1.82, 2.24) is 14.8 Å². The molecule has 2 saturated heterocycles. The number of carbonyl (C=O) groups excluding carboxylic acids is 2. The smallest absolute Gasteiger partial charge is 0.244 e. The van der Waals surface area contributed by atoms with Crippen molar-refractivity contribution >= 4 is 23.2 Å². The lowest BCUT2D eigenvalue weighted by atomic mass is 10.0. The van der Waals surface area contributed by atoms with Crippen LogP contribution < -0.4 is 10.2 Å². The number of anilines is 2. The Bertz CT molecular complexity index is 822. The summed E-state index contributed by atoms with van der Waals surface area (Å²) in [6.45, 7) is 4.33. The number of para-hydroxylation sites is 1. The zero-order valence-electron chi connectivity index (χ0n) is 16.5. The fourth-order valence-corrected chi connectivity index (χ4v) is 4.13. The molecule has 4 rings (SSSR count). The van der Waals surface area contributed by atoms with E-state index in [-0.39, 0.29) is 17.9 Å². The van der Waals surface area contributed by atoms with Crippen molar-refractivity contribution in [3.63, 3.8) is 0 Å². The van der Waals surface area contributed by atoms with Crippen molar-refractivity contribution in [2.24, 2.45) is 0 Å². The molecule has 1 aromatic carbocycles. The van der Waals surface area contributed by atoms with E-state index in [4.69, 9.17) is 0 Å². The van der Waals surface area contributed by atoms with Gasteiger partial charge in [-0.2, -0.15) is 0 Å². The Labute approximate surface area is 171 Å². The molecule has 152 valence electrons. The van der Waals surface area contributed by atoms with E-state index < -0.39 is 0 Å². The molecule has 0 saturated carbocycles. The molecule has 29 heavy (non-hydrogen) atoms. The second kappa shape index (κ2) is 9.15. The lowest BCUT2D eigenvalue weighted by Crippen LogP contribution is -2.58. The van der Waals surface area contributed by atoms with Crippen molar-refractivity contribution in [3.05, 3.63) is 54.9 Å². The summed E-state index contributed by atoms with van der Waals surface area (Å²) in [4.78, 5) is 35.7. The number of nitrogens with one attached hydrogen (secondary N) is 1. The minimum absolute atomic E-state index is 0.0320. The molecular formula is C22H27N5O2. The van der Waals surface area contributed by atoms with Gasteiger partial charge in [-0.05, 0) is 37.1 Å². The first-order valence-corrected chi connectivity index (χ1v) is 10.2. The fourth-order valence-electron chi connectivity index (χ4n) is 4.13. The average molecular weight is 393 g/mol. The minimum Gasteiger partial charge on any atom is -0.324 e. The first-order chi connectivity index (χ1) is 14.2. The maximum Gasteiger partial charge on any atom is 0.244 e. The molecule has 7 nitrogen and oxygen atoms in total. The van der Waals surface area contributed by atoms with Crippen molar-refractivity contribution in [3.8, 4) is 0 Å². The molecule has 0 spiro atoms. The van der Waals surface area contributed by atoms with Crippen LogP contribution in [-0.2, 0) is 9.59 Å². The summed E-state index contributed by atoms with van der Waals surface area (Å²) in [6.07, 6.45) is 5.24. The van der Waals surface area contributed by atoms with E-state index in [0.717, 1.165) is 51.3 Å². The molecule has 2 amide bonds.